The Morgan fingerprint density at radius 3 is 3.00 bits per heavy atom. The second kappa shape index (κ2) is 10.6. The Labute approximate surface area is 173 Å². The molecule has 1 aromatic heterocycles. The molecule has 0 radical (unpaired) electrons. The van der Waals surface area contributed by atoms with E-state index in [-0.39, 0.29) is 24.0 Å². The molecular weight excluding hydrogens is 445 g/mol. The van der Waals surface area contributed by atoms with Crippen LogP contribution >= 0.6 is 35.7 Å². The summed E-state index contributed by atoms with van der Waals surface area (Å²) < 4.78 is 2.33. The number of imidazole rings is 1. The number of halogens is 1. The lowest BCUT2D eigenvalue weighted by molar-refractivity contribution is 0.408. The molecule has 0 amide bonds. The van der Waals surface area contributed by atoms with Crippen LogP contribution in [0, 0.1) is 0 Å². The molecule has 1 unspecified atom stereocenters. The Kier molecular flexibility index (Phi) is 8.89. The fourth-order valence-corrected chi connectivity index (χ4v) is 4.63. The Hall–Kier alpha value is -0.440. The van der Waals surface area contributed by atoms with Gasteiger partial charge in [-0.25, -0.2) is 4.98 Å². The number of rotatable bonds is 5. The van der Waals surface area contributed by atoms with E-state index in [2.05, 4.69) is 46.6 Å². The van der Waals surface area contributed by atoms with Crippen LogP contribution in [0.2, 0.25) is 0 Å². The Morgan fingerprint density at radius 2 is 2.24 bits per heavy atom. The molecular formula is C18H32IN5S. The van der Waals surface area contributed by atoms with Crippen LogP contribution in [-0.4, -0.2) is 57.6 Å². The third kappa shape index (κ3) is 5.77. The molecule has 1 aromatic rings. The summed E-state index contributed by atoms with van der Waals surface area (Å²) in [6.45, 7) is 9.54. The van der Waals surface area contributed by atoms with Gasteiger partial charge in [0, 0.05) is 62.8 Å². The van der Waals surface area contributed by atoms with E-state index in [0.29, 0.717) is 0 Å². The van der Waals surface area contributed by atoms with Gasteiger partial charge in [-0.2, -0.15) is 11.8 Å². The molecule has 0 aromatic carbocycles. The fourth-order valence-electron chi connectivity index (χ4n) is 3.45. The maximum absolute atomic E-state index is 4.88. The molecule has 3 heterocycles. The highest BCUT2D eigenvalue weighted by Crippen LogP contribution is 2.21. The van der Waals surface area contributed by atoms with Gasteiger partial charge < -0.3 is 14.8 Å². The second-order valence-corrected chi connectivity index (χ2v) is 8.04. The van der Waals surface area contributed by atoms with Crippen LogP contribution < -0.4 is 5.32 Å². The minimum Gasteiger partial charge on any atom is -0.357 e. The zero-order valence-corrected chi connectivity index (χ0v) is 18.7. The van der Waals surface area contributed by atoms with Crippen molar-refractivity contribution < 1.29 is 0 Å². The topological polar surface area (TPSA) is 45.5 Å². The van der Waals surface area contributed by atoms with E-state index in [0.717, 1.165) is 56.8 Å². The number of guanidine groups is 1. The van der Waals surface area contributed by atoms with Crippen molar-refractivity contribution in [1.29, 1.82) is 0 Å². The van der Waals surface area contributed by atoms with E-state index in [1.807, 2.05) is 0 Å². The van der Waals surface area contributed by atoms with Crippen molar-refractivity contribution in [2.45, 2.75) is 57.7 Å². The summed E-state index contributed by atoms with van der Waals surface area (Å²) in [7, 11) is 0. The van der Waals surface area contributed by atoms with Crippen LogP contribution in [0.5, 0.6) is 0 Å². The van der Waals surface area contributed by atoms with Crippen LogP contribution in [0.4, 0.5) is 0 Å². The first-order valence-electron chi connectivity index (χ1n) is 9.50. The number of fused-ring (bicyclic) bond motifs is 1. The van der Waals surface area contributed by atoms with Crippen molar-refractivity contribution in [2.75, 3.05) is 31.9 Å². The molecule has 3 rings (SSSR count). The molecule has 2 aliphatic rings. The zero-order chi connectivity index (χ0) is 16.8. The van der Waals surface area contributed by atoms with Crippen molar-refractivity contribution in [3.05, 3.63) is 17.7 Å². The van der Waals surface area contributed by atoms with E-state index in [1.165, 1.54) is 36.5 Å². The SMILES string of the molecule is CCNC(=NCCc1cn2c(n1)CCCC2)N1CCSC(CC)C1.I. The molecule has 0 saturated carbocycles. The smallest absolute Gasteiger partial charge is 0.193 e. The summed E-state index contributed by atoms with van der Waals surface area (Å²) in [5, 5.41) is 4.21. The Bertz CT molecular complexity index is 536. The zero-order valence-electron chi connectivity index (χ0n) is 15.5. The molecule has 0 aliphatic carbocycles. The number of hydrogen-bond donors (Lipinski definition) is 1. The van der Waals surface area contributed by atoms with Gasteiger partial charge in [-0.1, -0.05) is 6.92 Å². The lowest BCUT2D eigenvalue weighted by Crippen LogP contribution is -2.48. The van der Waals surface area contributed by atoms with Crippen LogP contribution in [0.1, 0.15) is 44.6 Å². The first kappa shape index (κ1) is 20.9. The molecule has 1 fully saturated rings. The van der Waals surface area contributed by atoms with Gasteiger partial charge in [0.1, 0.15) is 5.82 Å². The largest absolute Gasteiger partial charge is 0.357 e. The normalized spacial score (nSPS) is 20.8. The Morgan fingerprint density at radius 1 is 1.36 bits per heavy atom. The third-order valence-corrected chi connectivity index (χ3v) is 6.19. The third-order valence-electron chi connectivity index (χ3n) is 4.82. The van der Waals surface area contributed by atoms with E-state index in [4.69, 9.17) is 9.98 Å². The van der Waals surface area contributed by atoms with Crippen LogP contribution in [0.25, 0.3) is 0 Å². The summed E-state index contributed by atoms with van der Waals surface area (Å²) in [4.78, 5) is 12.1. The molecule has 1 atom stereocenters. The number of nitrogens with one attached hydrogen (secondary N) is 1. The first-order valence-corrected chi connectivity index (χ1v) is 10.5. The van der Waals surface area contributed by atoms with Gasteiger partial charge in [-0.05, 0) is 26.2 Å². The maximum atomic E-state index is 4.88. The molecule has 7 heteroatoms. The summed E-state index contributed by atoms with van der Waals surface area (Å²) in [5.41, 5.74) is 1.20. The summed E-state index contributed by atoms with van der Waals surface area (Å²) in [5.74, 6) is 3.56. The predicted molar refractivity (Wildman–Crippen MR) is 118 cm³/mol. The van der Waals surface area contributed by atoms with E-state index >= 15 is 0 Å². The highest BCUT2D eigenvalue weighted by Gasteiger charge is 2.21. The monoisotopic (exact) mass is 477 g/mol. The highest BCUT2D eigenvalue weighted by atomic mass is 127. The Balaban J connectivity index is 0.00000225. The molecule has 5 nitrogen and oxygen atoms in total. The standard InChI is InChI=1S/C18H31N5S.HI/c1-3-16-14-23(11-12-24-16)18(19-4-2)20-9-8-15-13-22-10-6-5-7-17(22)21-15;/h13,16H,3-12,14H2,1-2H3,(H,19,20);1H. The van der Waals surface area contributed by atoms with E-state index in [9.17, 15) is 0 Å². The number of aliphatic imine (C=N–C) groups is 1. The molecule has 1 saturated heterocycles. The van der Waals surface area contributed by atoms with Gasteiger partial charge in [0.25, 0.3) is 0 Å². The first-order chi connectivity index (χ1) is 11.8. The van der Waals surface area contributed by atoms with Gasteiger partial charge in [0.05, 0.1) is 5.69 Å². The van der Waals surface area contributed by atoms with E-state index < -0.39 is 0 Å². The average molecular weight is 477 g/mol. The molecule has 2 aliphatic heterocycles. The molecule has 0 bridgehead atoms. The van der Waals surface area contributed by atoms with E-state index in [1.54, 1.807) is 0 Å². The van der Waals surface area contributed by atoms with Gasteiger partial charge >= 0.3 is 0 Å². The van der Waals surface area contributed by atoms with Crippen molar-refractivity contribution in [2.24, 2.45) is 4.99 Å². The second-order valence-electron chi connectivity index (χ2n) is 6.63. The molecule has 142 valence electrons. The molecule has 1 N–H and O–H groups in total. The quantitative estimate of drug-likeness (QED) is 0.402. The number of aromatic nitrogens is 2. The van der Waals surface area contributed by atoms with Gasteiger partial charge in [-0.3, -0.25) is 4.99 Å². The number of thioether (sulfide) groups is 1. The summed E-state index contributed by atoms with van der Waals surface area (Å²) >= 11 is 2.10. The van der Waals surface area contributed by atoms with Gasteiger partial charge in [0.2, 0.25) is 0 Å². The van der Waals surface area contributed by atoms with Gasteiger partial charge in [0.15, 0.2) is 5.96 Å². The number of aryl methyl sites for hydroxylation is 2. The van der Waals surface area contributed by atoms with Crippen LogP contribution in [-0.2, 0) is 19.4 Å². The van der Waals surface area contributed by atoms with Crippen LogP contribution in [0.3, 0.4) is 0 Å². The molecule has 0 spiro atoms. The van der Waals surface area contributed by atoms with Crippen molar-refractivity contribution in [3.63, 3.8) is 0 Å². The molecule has 25 heavy (non-hydrogen) atoms. The van der Waals surface area contributed by atoms with Crippen LogP contribution in [0.15, 0.2) is 11.2 Å². The minimum absolute atomic E-state index is 0. The fraction of sp³-hybridized carbons (Fsp3) is 0.778. The lowest BCUT2D eigenvalue weighted by atomic mass is 10.2. The number of hydrogen-bond acceptors (Lipinski definition) is 3. The van der Waals surface area contributed by atoms with Gasteiger partial charge in [-0.15, -0.1) is 24.0 Å². The van der Waals surface area contributed by atoms with Crippen molar-refractivity contribution in [3.8, 4) is 0 Å². The minimum atomic E-state index is 0. The number of nitrogens with zero attached hydrogens (tertiary/aromatic N) is 4. The maximum Gasteiger partial charge on any atom is 0.193 e. The average Bonchev–Trinajstić information content (AvgIpc) is 3.04. The van der Waals surface area contributed by atoms with Crippen molar-refractivity contribution in [1.82, 2.24) is 19.8 Å². The lowest BCUT2D eigenvalue weighted by Gasteiger charge is -2.34. The highest BCUT2D eigenvalue weighted by molar-refractivity contribution is 14.0. The summed E-state index contributed by atoms with van der Waals surface area (Å²) in [6, 6.07) is 0. The predicted octanol–water partition coefficient (Wildman–Crippen LogP) is 3.17. The van der Waals surface area contributed by atoms with Crippen molar-refractivity contribution >= 4 is 41.7 Å². The summed E-state index contributed by atoms with van der Waals surface area (Å²) in [6.07, 6.45) is 8.12.